The van der Waals surface area contributed by atoms with Crippen molar-refractivity contribution in [1.82, 2.24) is 30.2 Å². The molecule has 0 radical (unpaired) electrons. The van der Waals surface area contributed by atoms with E-state index in [9.17, 15) is 4.79 Å². The molecule has 0 aliphatic carbocycles. The number of carbonyl (C=O) groups is 1. The summed E-state index contributed by atoms with van der Waals surface area (Å²) >= 11 is 1.61. The first-order chi connectivity index (χ1) is 16.9. The summed E-state index contributed by atoms with van der Waals surface area (Å²) < 4.78 is 1.13. The van der Waals surface area contributed by atoms with Crippen LogP contribution in [-0.4, -0.2) is 56.4 Å². The van der Waals surface area contributed by atoms with E-state index in [1.165, 1.54) is 12.0 Å². The van der Waals surface area contributed by atoms with Crippen LogP contribution in [0.3, 0.4) is 0 Å². The van der Waals surface area contributed by atoms with Crippen molar-refractivity contribution in [3.8, 4) is 0 Å². The first kappa shape index (κ1) is 24.8. The highest BCUT2D eigenvalue weighted by atomic mass is 32.1. The molecular formula is C26H33N7OS. The number of H-pyrrole nitrogens is 1. The first-order valence-electron chi connectivity index (χ1n) is 11.9. The van der Waals surface area contributed by atoms with Gasteiger partial charge in [0.25, 0.3) is 0 Å². The molecule has 8 nitrogen and oxygen atoms in total. The van der Waals surface area contributed by atoms with Gasteiger partial charge in [-0.15, -0.1) is 11.3 Å². The molecule has 1 aliphatic rings. The zero-order valence-corrected chi connectivity index (χ0v) is 21.6. The Morgan fingerprint density at radius 1 is 1.20 bits per heavy atom. The highest BCUT2D eigenvalue weighted by molar-refractivity contribution is 7.16. The van der Waals surface area contributed by atoms with Crippen LogP contribution in [0.1, 0.15) is 46.2 Å². The Hall–Kier alpha value is -3.30. The molecule has 0 bridgehead atoms. The lowest BCUT2D eigenvalue weighted by Gasteiger charge is -2.21. The van der Waals surface area contributed by atoms with Crippen molar-refractivity contribution in [2.75, 3.05) is 25.0 Å². The van der Waals surface area contributed by atoms with E-state index in [-0.39, 0.29) is 0 Å². The molecule has 4 aromatic rings. The molecule has 1 aliphatic heterocycles. The molecule has 0 saturated carbocycles. The van der Waals surface area contributed by atoms with E-state index >= 15 is 0 Å². The standard InChI is InChI=1S/C19H16N6OS.C7H17N/c26-11-25-5-3-12(4-6-25)16-8-14-18(20-9-21-19(14)24-16)23-13-1-2-15-17(7-13)27-10-22-15;1-5-6-8-7(2,3)4/h1-3,7-11H,4-6H2,(H2,20,21,23,24);8H,5-6H2,1-4H3. The van der Waals surface area contributed by atoms with Gasteiger partial charge in [-0.05, 0) is 70.0 Å². The average Bonchev–Trinajstić information content (AvgIpc) is 3.50. The highest BCUT2D eigenvalue weighted by Crippen LogP contribution is 2.30. The first-order valence-corrected chi connectivity index (χ1v) is 12.8. The topological polar surface area (TPSA) is 98.8 Å². The number of benzene rings is 1. The van der Waals surface area contributed by atoms with Crippen LogP contribution in [-0.2, 0) is 4.79 Å². The van der Waals surface area contributed by atoms with E-state index in [0.29, 0.717) is 12.1 Å². The summed E-state index contributed by atoms with van der Waals surface area (Å²) in [6.07, 6.45) is 6.58. The number of thiazole rings is 1. The maximum Gasteiger partial charge on any atom is 0.209 e. The molecule has 4 heterocycles. The fourth-order valence-electron chi connectivity index (χ4n) is 3.81. The predicted octanol–water partition coefficient (Wildman–Crippen LogP) is 5.34. The van der Waals surface area contributed by atoms with Gasteiger partial charge in [0.1, 0.15) is 17.8 Å². The molecule has 5 rings (SSSR count). The van der Waals surface area contributed by atoms with E-state index in [2.05, 4.69) is 76.5 Å². The Bertz CT molecular complexity index is 1320. The van der Waals surface area contributed by atoms with Crippen molar-refractivity contribution in [2.24, 2.45) is 0 Å². The number of aromatic nitrogens is 4. The van der Waals surface area contributed by atoms with Crippen LogP contribution in [0.4, 0.5) is 11.5 Å². The van der Waals surface area contributed by atoms with E-state index < -0.39 is 0 Å². The largest absolute Gasteiger partial charge is 0.341 e. The minimum atomic E-state index is 0.302. The van der Waals surface area contributed by atoms with Crippen LogP contribution in [0, 0.1) is 0 Å². The second-order valence-corrected chi connectivity index (χ2v) is 10.5. The number of aromatic amines is 1. The number of fused-ring (bicyclic) bond motifs is 2. The minimum Gasteiger partial charge on any atom is -0.341 e. The second kappa shape index (κ2) is 11.0. The van der Waals surface area contributed by atoms with E-state index in [0.717, 1.165) is 64.4 Å². The molecule has 0 saturated heterocycles. The van der Waals surface area contributed by atoms with Gasteiger partial charge in [0.2, 0.25) is 6.41 Å². The van der Waals surface area contributed by atoms with Crippen molar-refractivity contribution < 1.29 is 4.79 Å². The smallest absolute Gasteiger partial charge is 0.209 e. The molecule has 0 atom stereocenters. The average molecular weight is 492 g/mol. The lowest BCUT2D eigenvalue weighted by molar-refractivity contribution is -0.117. The predicted molar refractivity (Wildman–Crippen MR) is 145 cm³/mol. The lowest BCUT2D eigenvalue weighted by Crippen LogP contribution is -2.36. The number of nitrogens with zero attached hydrogens (tertiary/aromatic N) is 4. The van der Waals surface area contributed by atoms with Gasteiger partial charge in [0.05, 0.1) is 21.1 Å². The van der Waals surface area contributed by atoms with Crippen LogP contribution in [0.5, 0.6) is 0 Å². The zero-order valence-electron chi connectivity index (χ0n) is 20.8. The summed E-state index contributed by atoms with van der Waals surface area (Å²) in [6, 6.07) is 8.15. The summed E-state index contributed by atoms with van der Waals surface area (Å²) in [5.41, 5.74) is 7.12. The lowest BCUT2D eigenvalue weighted by atomic mass is 10.1. The number of rotatable bonds is 6. The molecule has 1 aromatic carbocycles. The van der Waals surface area contributed by atoms with Crippen LogP contribution in [0.15, 0.2) is 42.2 Å². The monoisotopic (exact) mass is 491 g/mol. The number of hydrogen-bond donors (Lipinski definition) is 3. The van der Waals surface area contributed by atoms with Gasteiger partial charge in [-0.3, -0.25) is 4.79 Å². The number of nitrogens with one attached hydrogen (secondary N) is 3. The van der Waals surface area contributed by atoms with Gasteiger partial charge in [-0.25, -0.2) is 15.0 Å². The van der Waals surface area contributed by atoms with Crippen molar-refractivity contribution in [2.45, 2.75) is 46.1 Å². The SMILES string of the molecule is CCCNC(C)(C)C.O=CN1CC=C(c2cc3c(Nc4ccc5ncsc5c4)ncnc3[nH]2)CC1. The highest BCUT2D eigenvalue weighted by Gasteiger charge is 2.15. The van der Waals surface area contributed by atoms with Gasteiger partial charge in [0.15, 0.2) is 0 Å². The molecule has 35 heavy (non-hydrogen) atoms. The fourth-order valence-corrected chi connectivity index (χ4v) is 4.52. The Balaban J connectivity index is 0.000000314. The van der Waals surface area contributed by atoms with Gasteiger partial charge in [-0.1, -0.05) is 13.0 Å². The Morgan fingerprint density at radius 2 is 2.06 bits per heavy atom. The van der Waals surface area contributed by atoms with Gasteiger partial charge in [0, 0.05) is 30.0 Å². The maximum absolute atomic E-state index is 10.9. The van der Waals surface area contributed by atoms with E-state index in [4.69, 9.17) is 0 Å². The Kier molecular flexibility index (Phi) is 7.77. The van der Waals surface area contributed by atoms with Crippen LogP contribution in [0.25, 0.3) is 26.8 Å². The van der Waals surface area contributed by atoms with Gasteiger partial charge < -0.3 is 20.5 Å². The van der Waals surface area contributed by atoms with Crippen molar-refractivity contribution in [1.29, 1.82) is 0 Å². The molecule has 9 heteroatoms. The molecule has 0 spiro atoms. The Morgan fingerprint density at radius 3 is 2.74 bits per heavy atom. The summed E-state index contributed by atoms with van der Waals surface area (Å²) in [5, 5.41) is 7.71. The number of amides is 1. The molecule has 1 amide bonds. The molecule has 3 aromatic heterocycles. The quantitative estimate of drug-likeness (QED) is 0.315. The van der Waals surface area contributed by atoms with Gasteiger partial charge in [-0.2, -0.15) is 0 Å². The number of hydrogen-bond acceptors (Lipinski definition) is 7. The zero-order chi connectivity index (χ0) is 24.8. The van der Waals surface area contributed by atoms with Crippen molar-refractivity contribution in [3.05, 3.63) is 47.9 Å². The molecule has 0 fully saturated rings. The third-order valence-electron chi connectivity index (χ3n) is 5.66. The third kappa shape index (κ3) is 6.43. The van der Waals surface area contributed by atoms with Gasteiger partial charge >= 0.3 is 0 Å². The third-order valence-corrected chi connectivity index (χ3v) is 6.45. The number of anilines is 2. The fraction of sp³-hybridized carbons (Fsp3) is 0.385. The second-order valence-electron chi connectivity index (χ2n) is 9.58. The summed E-state index contributed by atoms with van der Waals surface area (Å²) in [4.78, 5) is 29.1. The molecule has 3 N–H and O–H groups in total. The van der Waals surface area contributed by atoms with Crippen LogP contribution >= 0.6 is 11.3 Å². The van der Waals surface area contributed by atoms with Crippen molar-refractivity contribution >= 4 is 56.1 Å². The minimum absolute atomic E-state index is 0.302. The van der Waals surface area contributed by atoms with Crippen LogP contribution < -0.4 is 10.6 Å². The van der Waals surface area contributed by atoms with Crippen molar-refractivity contribution in [3.63, 3.8) is 0 Å². The van der Waals surface area contributed by atoms with E-state index in [1.54, 1.807) is 22.6 Å². The molecular weight excluding hydrogens is 458 g/mol. The van der Waals surface area contributed by atoms with E-state index in [1.807, 2.05) is 17.6 Å². The maximum atomic E-state index is 10.9. The Labute approximate surface area is 209 Å². The summed E-state index contributed by atoms with van der Waals surface area (Å²) in [7, 11) is 0. The molecule has 184 valence electrons. The van der Waals surface area contributed by atoms with Crippen LogP contribution in [0.2, 0.25) is 0 Å². The summed E-state index contributed by atoms with van der Waals surface area (Å²) in [6.45, 7) is 11.2. The summed E-state index contributed by atoms with van der Waals surface area (Å²) in [5.74, 6) is 0.761. The molecule has 0 unspecified atom stereocenters. The number of carbonyl (C=O) groups excluding carboxylic acids is 1. The normalized spacial score (nSPS) is 13.9.